The normalized spacial score (nSPS) is 31.5. The number of imidazole rings is 1. The average Bonchev–Trinajstić information content (AvgIpc) is 3.15. The van der Waals surface area contributed by atoms with E-state index in [0.29, 0.717) is 11.2 Å². The van der Waals surface area contributed by atoms with E-state index in [2.05, 4.69) is 15.0 Å². The molecule has 4 rings (SSSR count). The highest BCUT2D eigenvalue weighted by Crippen LogP contribution is 2.43. The van der Waals surface area contributed by atoms with Gasteiger partial charge in [-0.15, -0.1) is 0 Å². The topological polar surface area (TPSA) is 115 Å². The minimum atomic E-state index is -3.59. The maximum Gasteiger partial charge on any atom is 0.264 e. The van der Waals surface area contributed by atoms with Gasteiger partial charge < -0.3 is 14.2 Å². The van der Waals surface area contributed by atoms with Crippen molar-refractivity contribution in [2.24, 2.45) is 0 Å². The van der Waals surface area contributed by atoms with Crippen molar-refractivity contribution in [2.75, 3.05) is 12.9 Å². The van der Waals surface area contributed by atoms with E-state index in [1.54, 1.807) is 30.9 Å². The summed E-state index contributed by atoms with van der Waals surface area (Å²) in [6, 6.07) is 0. The molecule has 11 heteroatoms. The molecular formula is C14H18N4O6S. The van der Waals surface area contributed by atoms with E-state index in [0.717, 1.165) is 6.26 Å². The molecule has 2 fully saturated rings. The van der Waals surface area contributed by atoms with E-state index < -0.39 is 40.4 Å². The van der Waals surface area contributed by atoms with Crippen molar-refractivity contribution in [3.63, 3.8) is 0 Å². The summed E-state index contributed by atoms with van der Waals surface area (Å²) in [6.07, 6.45) is 3.52. The zero-order chi connectivity index (χ0) is 17.8. The van der Waals surface area contributed by atoms with Gasteiger partial charge in [-0.2, -0.15) is 8.42 Å². The van der Waals surface area contributed by atoms with E-state index in [1.807, 2.05) is 0 Å². The molecule has 4 heterocycles. The first-order chi connectivity index (χ1) is 11.7. The van der Waals surface area contributed by atoms with Crippen molar-refractivity contribution in [1.82, 2.24) is 19.5 Å². The molecule has 0 aliphatic carbocycles. The standard InChI is InChI=1S/C14H18N4O6S/c1-14(2)23-10-9(5-21-25(3,19)20)22-13(11(10)24-14)18-7-17-8-4-15-6-16-12(8)18/h4,6-7,9-11,13H,5H2,1-3H3. The molecule has 0 spiro atoms. The molecule has 0 aromatic carbocycles. The first-order valence-corrected chi connectivity index (χ1v) is 9.53. The number of rotatable bonds is 4. The lowest BCUT2D eigenvalue weighted by Crippen LogP contribution is -2.33. The van der Waals surface area contributed by atoms with Gasteiger partial charge in [0.05, 0.1) is 25.4 Å². The van der Waals surface area contributed by atoms with Gasteiger partial charge in [0, 0.05) is 0 Å². The van der Waals surface area contributed by atoms with Gasteiger partial charge in [0.25, 0.3) is 10.1 Å². The quantitative estimate of drug-likeness (QED) is 0.697. The van der Waals surface area contributed by atoms with Crippen LogP contribution in [0.5, 0.6) is 0 Å². The fourth-order valence-electron chi connectivity index (χ4n) is 3.18. The number of hydrogen-bond donors (Lipinski definition) is 0. The van der Waals surface area contributed by atoms with Crippen LogP contribution in [0.25, 0.3) is 11.2 Å². The van der Waals surface area contributed by atoms with Gasteiger partial charge in [-0.05, 0) is 13.8 Å². The monoisotopic (exact) mass is 370 g/mol. The SMILES string of the molecule is CC1(C)OC2C(COS(C)(=O)=O)OC(n3cnc4cncnc43)C2O1. The molecule has 2 saturated heterocycles. The summed E-state index contributed by atoms with van der Waals surface area (Å²) in [5.74, 6) is -0.813. The maximum absolute atomic E-state index is 11.3. The summed E-state index contributed by atoms with van der Waals surface area (Å²) >= 11 is 0. The molecule has 0 bridgehead atoms. The molecule has 4 unspecified atom stereocenters. The molecule has 0 amide bonds. The van der Waals surface area contributed by atoms with Crippen LogP contribution in [0.2, 0.25) is 0 Å². The van der Waals surface area contributed by atoms with Crippen LogP contribution in [0.3, 0.4) is 0 Å². The lowest BCUT2D eigenvalue weighted by molar-refractivity contribution is -0.198. The minimum absolute atomic E-state index is 0.155. The molecule has 136 valence electrons. The van der Waals surface area contributed by atoms with Crippen molar-refractivity contribution in [2.45, 2.75) is 44.2 Å². The Morgan fingerprint density at radius 2 is 2.04 bits per heavy atom. The molecular weight excluding hydrogens is 352 g/mol. The average molecular weight is 370 g/mol. The third-order valence-corrected chi connectivity index (χ3v) is 4.65. The Labute approximate surface area is 144 Å². The smallest absolute Gasteiger partial charge is 0.264 e. The van der Waals surface area contributed by atoms with E-state index in [1.165, 1.54) is 6.33 Å². The Bertz CT molecular complexity index is 898. The lowest BCUT2D eigenvalue weighted by atomic mass is 10.1. The molecule has 0 radical (unpaired) electrons. The first kappa shape index (κ1) is 16.8. The van der Waals surface area contributed by atoms with Crippen LogP contribution in [0.15, 0.2) is 18.9 Å². The Morgan fingerprint density at radius 3 is 2.80 bits per heavy atom. The Balaban J connectivity index is 1.66. The van der Waals surface area contributed by atoms with E-state index in [-0.39, 0.29) is 6.61 Å². The number of nitrogens with zero attached hydrogens (tertiary/aromatic N) is 4. The van der Waals surface area contributed by atoms with Gasteiger partial charge in [0.15, 0.2) is 17.7 Å². The van der Waals surface area contributed by atoms with Crippen LogP contribution < -0.4 is 0 Å². The Hall–Kier alpha value is -1.66. The molecule has 0 saturated carbocycles. The maximum atomic E-state index is 11.3. The van der Waals surface area contributed by atoms with Crippen LogP contribution in [0.4, 0.5) is 0 Å². The lowest BCUT2D eigenvalue weighted by Gasteiger charge is -2.24. The van der Waals surface area contributed by atoms with E-state index >= 15 is 0 Å². The predicted molar refractivity (Wildman–Crippen MR) is 83.9 cm³/mol. The highest BCUT2D eigenvalue weighted by atomic mass is 32.2. The molecule has 0 N–H and O–H groups in total. The van der Waals surface area contributed by atoms with Crippen LogP contribution in [-0.4, -0.2) is 64.9 Å². The second-order valence-corrected chi connectivity index (χ2v) is 8.15. The fraction of sp³-hybridized carbons (Fsp3) is 0.643. The van der Waals surface area contributed by atoms with Gasteiger partial charge in [-0.25, -0.2) is 15.0 Å². The van der Waals surface area contributed by atoms with Crippen molar-refractivity contribution in [1.29, 1.82) is 0 Å². The molecule has 10 nitrogen and oxygen atoms in total. The fourth-order valence-corrected chi connectivity index (χ4v) is 3.56. The molecule has 2 aromatic rings. The predicted octanol–water partition coefficient (Wildman–Crippen LogP) is 0.220. The van der Waals surface area contributed by atoms with E-state index in [4.69, 9.17) is 18.4 Å². The largest absolute Gasteiger partial charge is 0.347 e. The highest BCUT2D eigenvalue weighted by molar-refractivity contribution is 7.85. The number of ether oxygens (including phenoxy) is 3. The summed E-state index contributed by atoms with van der Waals surface area (Å²) in [5.41, 5.74) is 1.22. The minimum Gasteiger partial charge on any atom is -0.347 e. The number of fused-ring (bicyclic) bond motifs is 2. The summed E-state index contributed by atoms with van der Waals surface area (Å²) in [5, 5.41) is 0. The third-order valence-electron chi connectivity index (χ3n) is 4.08. The van der Waals surface area contributed by atoms with Crippen molar-refractivity contribution < 1.29 is 26.8 Å². The molecule has 4 atom stereocenters. The van der Waals surface area contributed by atoms with Gasteiger partial charge in [-0.3, -0.25) is 8.75 Å². The third kappa shape index (κ3) is 3.13. The summed E-state index contributed by atoms with van der Waals surface area (Å²) in [7, 11) is -3.59. The van der Waals surface area contributed by atoms with Gasteiger partial charge in [0.1, 0.15) is 30.2 Å². The van der Waals surface area contributed by atoms with Crippen molar-refractivity contribution >= 4 is 21.3 Å². The first-order valence-electron chi connectivity index (χ1n) is 7.71. The summed E-state index contributed by atoms with van der Waals surface area (Å²) in [6.45, 7) is 3.44. The molecule has 2 aromatic heterocycles. The molecule has 25 heavy (non-hydrogen) atoms. The second kappa shape index (κ2) is 5.68. The molecule has 2 aliphatic heterocycles. The second-order valence-electron chi connectivity index (χ2n) is 6.50. The Kier molecular flexibility index (Phi) is 3.81. The summed E-state index contributed by atoms with van der Waals surface area (Å²) < 4.78 is 47.1. The zero-order valence-electron chi connectivity index (χ0n) is 13.9. The van der Waals surface area contributed by atoms with Gasteiger partial charge in [0.2, 0.25) is 0 Å². The number of hydrogen-bond acceptors (Lipinski definition) is 9. The zero-order valence-corrected chi connectivity index (χ0v) is 14.7. The highest BCUT2D eigenvalue weighted by Gasteiger charge is 2.56. The Morgan fingerprint density at radius 1 is 1.28 bits per heavy atom. The van der Waals surface area contributed by atoms with Crippen LogP contribution >= 0.6 is 0 Å². The van der Waals surface area contributed by atoms with Crippen LogP contribution in [0, 0.1) is 0 Å². The number of aromatic nitrogens is 4. The summed E-state index contributed by atoms with van der Waals surface area (Å²) in [4.78, 5) is 12.4. The van der Waals surface area contributed by atoms with Gasteiger partial charge in [-0.1, -0.05) is 0 Å². The van der Waals surface area contributed by atoms with Crippen LogP contribution in [-0.2, 0) is 28.5 Å². The van der Waals surface area contributed by atoms with Crippen LogP contribution in [0.1, 0.15) is 20.1 Å². The van der Waals surface area contributed by atoms with E-state index in [9.17, 15) is 8.42 Å². The van der Waals surface area contributed by atoms with Gasteiger partial charge >= 0.3 is 0 Å². The van der Waals surface area contributed by atoms with Crippen molar-refractivity contribution in [3.8, 4) is 0 Å². The van der Waals surface area contributed by atoms with Crippen molar-refractivity contribution in [3.05, 3.63) is 18.9 Å². The molecule has 2 aliphatic rings.